The molecule has 2 aromatic carbocycles. The molecule has 0 atom stereocenters. The summed E-state index contributed by atoms with van der Waals surface area (Å²) < 4.78 is 6.27. The van der Waals surface area contributed by atoms with Gasteiger partial charge in [-0.05, 0) is 5.19 Å². The average Bonchev–Trinajstić information content (AvgIpc) is 2.92. The number of aromatic nitrogens is 1. The number of hydrogen-bond donors (Lipinski definition) is 0. The second-order valence-corrected chi connectivity index (χ2v) is 12.0. The van der Waals surface area contributed by atoms with E-state index >= 15 is 0 Å². The van der Waals surface area contributed by atoms with Crippen LogP contribution in [-0.2, 0) is 0 Å². The number of furan rings is 1. The van der Waals surface area contributed by atoms with E-state index in [0.717, 1.165) is 27.8 Å². The van der Waals surface area contributed by atoms with Gasteiger partial charge in [0, 0.05) is 28.6 Å². The van der Waals surface area contributed by atoms with Crippen LogP contribution in [0.1, 0.15) is 0 Å². The minimum atomic E-state index is -1.45. The monoisotopic (exact) mass is 317 g/mol. The number of hydrogen-bond acceptors (Lipinski definition) is 2. The zero-order valence-electron chi connectivity index (χ0n) is 13.6. The molecule has 0 saturated heterocycles. The minimum Gasteiger partial charge on any atom is -0.456 e. The molecule has 0 radical (unpaired) electrons. The van der Waals surface area contributed by atoms with Gasteiger partial charge >= 0.3 is 0 Å². The highest BCUT2D eigenvalue weighted by atomic mass is 28.3. The fraction of sp³-hybridized carbons (Fsp3) is 0.150. The first-order valence-electron chi connectivity index (χ1n) is 7.91. The lowest BCUT2D eigenvalue weighted by Crippen LogP contribution is -2.37. The quantitative estimate of drug-likeness (QED) is 0.475. The Hall–Kier alpha value is -2.39. The number of benzene rings is 2. The predicted molar refractivity (Wildman–Crippen MR) is 99.9 cm³/mol. The maximum atomic E-state index is 6.27. The molecule has 0 N–H and O–H groups in total. The predicted octanol–water partition coefficient (Wildman–Crippen LogP) is 5.19. The molecule has 2 heterocycles. The topological polar surface area (TPSA) is 26.0 Å². The minimum absolute atomic E-state index is 0.916. The van der Waals surface area contributed by atoms with Crippen molar-refractivity contribution in [1.29, 1.82) is 0 Å². The van der Waals surface area contributed by atoms with Crippen molar-refractivity contribution in [2.45, 2.75) is 19.6 Å². The van der Waals surface area contributed by atoms with Crippen molar-refractivity contribution in [2.75, 3.05) is 0 Å². The van der Waals surface area contributed by atoms with Gasteiger partial charge in [0.05, 0.1) is 13.8 Å². The molecule has 0 bridgehead atoms. The molecule has 23 heavy (non-hydrogen) atoms. The smallest absolute Gasteiger partial charge is 0.139 e. The zero-order valence-corrected chi connectivity index (χ0v) is 14.6. The summed E-state index contributed by atoms with van der Waals surface area (Å²) in [6.45, 7) is 7.05. The molecule has 4 rings (SSSR count). The number of fused-ring (bicyclic) bond motifs is 3. The first kappa shape index (κ1) is 14.2. The van der Waals surface area contributed by atoms with Gasteiger partial charge in [0.1, 0.15) is 11.2 Å². The highest BCUT2D eigenvalue weighted by molar-refractivity contribution is 6.90. The van der Waals surface area contributed by atoms with Crippen LogP contribution in [0.4, 0.5) is 0 Å². The molecule has 4 aromatic rings. The Kier molecular flexibility index (Phi) is 3.13. The zero-order chi connectivity index (χ0) is 16.0. The maximum Gasteiger partial charge on any atom is 0.139 e. The molecule has 0 aliphatic carbocycles. The molecule has 3 heteroatoms. The van der Waals surface area contributed by atoms with Gasteiger partial charge in [0.2, 0.25) is 0 Å². The van der Waals surface area contributed by atoms with Crippen molar-refractivity contribution < 1.29 is 4.42 Å². The fourth-order valence-electron chi connectivity index (χ4n) is 3.05. The molecule has 0 saturated carbocycles. The van der Waals surface area contributed by atoms with Gasteiger partial charge < -0.3 is 4.42 Å². The highest BCUT2D eigenvalue weighted by Gasteiger charge is 2.22. The lowest BCUT2D eigenvalue weighted by molar-refractivity contribution is 0.671. The normalized spacial score (nSPS) is 12.1. The van der Waals surface area contributed by atoms with E-state index in [1.807, 2.05) is 24.4 Å². The van der Waals surface area contributed by atoms with Crippen LogP contribution in [0.5, 0.6) is 0 Å². The third-order valence-electron chi connectivity index (χ3n) is 4.26. The van der Waals surface area contributed by atoms with Crippen LogP contribution in [0, 0.1) is 0 Å². The number of para-hydroxylation sites is 1. The summed E-state index contributed by atoms with van der Waals surface area (Å²) in [6, 6.07) is 18.8. The van der Waals surface area contributed by atoms with Gasteiger partial charge in [-0.2, -0.15) is 0 Å². The van der Waals surface area contributed by atoms with Gasteiger partial charge in [-0.15, -0.1) is 0 Å². The van der Waals surface area contributed by atoms with Gasteiger partial charge in [0.25, 0.3) is 0 Å². The summed E-state index contributed by atoms with van der Waals surface area (Å²) in [7, 11) is -1.45. The van der Waals surface area contributed by atoms with Crippen LogP contribution in [-0.4, -0.2) is 13.1 Å². The van der Waals surface area contributed by atoms with Crippen molar-refractivity contribution in [1.82, 2.24) is 4.98 Å². The Balaban J connectivity index is 1.99. The van der Waals surface area contributed by atoms with Crippen molar-refractivity contribution in [2.24, 2.45) is 0 Å². The highest BCUT2D eigenvalue weighted by Crippen LogP contribution is 2.30. The SMILES string of the molecule is C[Si](C)(C)c1cccc2c1oc1cc(-c3ccccc3)ncc12. The van der Waals surface area contributed by atoms with E-state index in [1.54, 1.807) is 0 Å². The second kappa shape index (κ2) is 5.07. The summed E-state index contributed by atoms with van der Waals surface area (Å²) >= 11 is 0. The number of pyridine rings is 1. The van der Waals surface area contributed by atoms with Crippen molar-refractivity contribution in [3.63, 3.8) is 0 Å². The lowest BCUT2D eigenvalue weighted by atomic mass is 10.1. The molecule has 2 nitrogen and oxygen atoms in total. The van der Waals surface area contributed by atoms with Crippen LogP contribution in [0.3, 0.4) is 0 Å². The van der Waals surface area contributed by atoms with E-state index in [1.165, 1.54) is 10.6 Å². The molecule has 0 aliphatic heterocycles. The Bertz CT molecular complexity index is 997. The van der Waals surface area contributed by atoms with Gasteiger partial charge in [-0.1, -0.05) is 68.2 Å². The molecular formula is C20H19NOSi. The van der Waals surface area contributed by atoms with E-state index < -0.39 is 8.07 Å². The molecule has 0 amide bonds. The van der Waals surface area contributed by atoms with Crippen molar-refractivity contribution in [3.8, 4) is 11.3 Å². The molecule has 0 fully saturated rings. The molecule has 2 aromatic heterocycles. The maximum absolute atomic E-state index is 6.27. The summed E-state index contributed by atoms with van der Waals surface area (Å²) in [6.07, 6.45) is 1.94. The third kappa shape index (κ3) is 2.37. The Morgan fingerprint density at radius 2 is 1.65 bits per heavy atom. The molecule has 0 aliphatic rings. The summed E-state index contributed by atoms with van der Waals surface area (Å²) in [5.41, 5.74) is 4.01. The fourth-order valence-corrected chi connectivity index (χ4v) is 4.51. The van der Waals surface area contributed by atoms with Gasteiger partial charge in [-0.3, -0.25) is 4.98 Å². The summed E-state index contributed by atoms with van der Waals surface area (Å²) in [5.74, 6) is 0. The first-order chi connectivity index (χ1) is 11.0. The molecule has 114 valence electrons. The van der Waals surface area contributed by atoms with E-state index in [2.05, 4.69) is 61.0 Å². The van der Waals surface area contributed by atoms with E-state index in [4.69, 9.17) is 4.42 Å². The Morgan fingerprint density at radius 1 is 0.870 bits per heavy atom. The lowest BCUT2D eigenvalue weighted by Gasteiger charge is -2.16. The third-order valence-corrected chi connectivity index (χ3v) is 6.27. The largest absolute Gasteiger partial charge is 0.456 e. The van der Waals surface area contributed by atoms with Gasteiger partial charge in [0.15, 0.2) is 0 Å². The van der Waals surface area contributed by atoms with Crippen molar-refractivity contribution in [3.05, 3.63) is 60.8 Å². The van der Waals surface area contributed by atoms with Crippen LogP contribution in [0.25, 0.3) is 33.2 Å². The number of rotatable bonds is 2. The standard InChI is InChI=1S/C20H19NOSi/c1-23(2,3)19-11-7-10-15-16-13-21-17(12-18(16)22-20(15)19)14-8-5-4-6-9-14/h4-13H,1-3H3. The van der Waals surface area contributed by atoms with Gasteiger partial charge in [-0.25, -0.2) is 0 Å². The average molecular weight is 317 g/mol. The molecule has 0 spiro atoms. The van der Waals surface area contributed by atoms with Crippen LogP contribution in [0.2, 0.25) is 19.6 Å². The van der Waals surface area contributed by atoms with Crippen LogP contribution in [0.15, 0.2) is 65.2 Å². The van der Waals surface area contributed by atoms with Crippen LogP contribution < -0.4 is 5.19 Å². The second-order valence-electron chi connectivity index (χ2n) is 6.97. The Morgan fingerprint density at radius 3 is 2.39 bits per heavy atom. The van der Waals surface area contributed by atoms with Crippen LogP contribution >= 0.6 is 0 Å². The first-order valence-corrected chi connectivity index (χ1v) is 11.4. The van der Waals surface area contributed by atoms with E-state index in [0.29, 0.717) is 0 Å². The van der Waals surface area contributed by atoms with Crippen molar-refractivity contribution >= 4 is 35.2 Å². The summed E-state index contributed by atoms with van der Waals surface area (Å²) in [4.78, 5) is 4.64. The van der Waals surface area contributed by atoms with E-state index in [9.17, 15) is 0 Å². The molecular weight excluding hydrogens is 298 g/mol. The summed E-state index contributed by atoms with van der Waals surface area (Å²) in [5, 5.41) is 3.64. The van der Waals surface area contributed by atoms with E-state index in [-0.39, 0.29) is 0 Å². The number of nitrogens with zero attached hydrogens (tertiary/aromatic N) is 1. The Labute approximate surface area is 136 Å². The molecule has 0 unspecified atom stereocenters.